The Kier molecular flexibility index (Phi) is 1.27. The third-order valence-electron chi connectivity index (χ3n) is 1.55. The Labute approximate surface area is 63.1 Å². The zero-order chi connectivity index (χ0) is 6.97. The van der Waals surface area contributed by atoms with Gasteiger partial charge in [-0.1, -0.05) is 0 Å². The van der Waals surface area contributed by atoms with E-state index >= 15 is 0 Å². The summed E-state index contributed by atoms with van der Waals surface area (Å²) >= 11 is 1.83. The van der Waals surface area contributed by atoms with Gasteiger partial charge in [-0.2, -0.15) is 11.8 Å². The average Bonchev–Trinajstić information content (AvgIpc) is 2.36. The topological polar surface area (TPSA) is 51.8 Å². The molecule has 0 amide bonds. The number of nitrogen functional groups attached to an aromatic ring is 1. The van der Waals surface area contributed by atoms with E-state index in [4.69, 9.17) is 5.73 Å². The van der Waals surface area contributed by atoms with Crippen LogP contribution in [0.2, 0.25) is 0 Å². The predicted molar refractivity (Wildman–Crippen MR) is 41.4 cm³/mol. The van der Waals surface area contributed by atoms with Crippen LogP contribution in [-0.4, -0.2) is 9.97 Å². The van der Waals surface area contributed by atoms with Gasteiger partial charge in [-0.3, -0.25) is 0 Å². The fourth-order valence-corrected chi connectivity index (χ4v) is 2.06. The molecule has 0 aromatic carbocycles. The van der Waals surface area contributed by atoms with Crippen LogP contribution in [0.4, 0.5) is 5.82 Å². The first-order valence-electron chi connectivity index (χ1n) is 3.04. The molecule has 10 heavy (non-hydrogen) atoms. The highest BCUT2D eigenvalue weighted by Gasteiger charge is 2.14. The Morgan fingerprint density at radius 3 is 3.10 bits per heavy atom. The zero-order valence-electron chi connectivity index (χ0n) is 5.37. The van der Waals surface area contributed by atoms with Crippen molar-refractivity contribution in [2.45, 2.75) is 11.5 Å². The molecule has 0 unspecified atom stereocenters. The summed E-state index contributed by atoms with van der Waals surface area (Å²) in [4.78, 5) is 8.01. The molecule has 1 aliphatic rings. The number of aromatic nitrogens is 2. The van der Waals surface area contributed by atoms with Gasteiger partial charge in [0.15, 0.2) is 0 Å². The van der Waals surface area contributed by atoms with E-state index in [9.17, 15) is 0 Å². The smallest absolute Gasteiger partial charge is 0.131 e. The lowest BCUT2D eigenvalue weighted by Crippen LogP contribution is -1.98. The van der Waals surface area contributed by atoms with E-state index in [1.54, 1.807) is 0 Å². The van der Waals surface area contributed by atoms with Crippen molar-refractivity contribution in [2.24, 2.45) is 0 Å². The summed E-state index contributed by atoms with van der Waals surface area (Å²) < 4.78 is 0. The van der Waals surface area contributed by atoms with Crippen LogP contribution in [0.3, 0.4) is 0 Å². The number of rotatable bonds is 0. The molecule has 0 radical (unpaired) electrons. The van der Waals surface area contributed by atoms with Crippen LogP contribution >= 0.6 is 11.8 Å². The minimum atomic E-state index is 0.648. The lowest BCUT2D eigenvalue weighted by Gasteiger charge is -1.97. The Balaban J connectivity index is 2.59. The second kappa shape index (κ2) is 2.12. The lowest BCUT2D eigenvalue weighted by molar-refractivity contribution is 1.07. The van der Waals surface area contributed by atoms with Gasteiger partial charge in [0.05, 0.1) is 5.69 Å². The van der Waals surface area contributed by atoms with E-state index in [-0.39, 0.29) is 0 Å². The number of nitrogens with two attached hydrogens (primary N) is 1. The SMILES string of the molecule is Nc1ncnc2c1CSC2. The van der Waals surface area contributed by atoms with Gasteiger partial charge < -0.3 is 5.73 Å². The van der Waals surface area contributed by atoms with E-state index < -0.39 is 0 Å². The molecule has 0 spiro atoms. The van der Waals surface area contributed by atoms with Crippen molar-refractivity contribution in [3.63, 3.8) is 0 Å². The van der Waals surface area contributed by atoms with Crippen LogP contribution in [-0.2, 0) is 11.5 Å². The van der Waals surface area contributed by atoms with Crippen LogP contribution in [0.5, 0.6) is 0 Å². The van der Waals surface area contributed by atoms with Gasteiger partial charge in [0.2, 0.25) is 0 Å². The number of anilines is 1. The molecular weight excluding hydrogens is 146 g/mol. The Morgan fingerprint density at radius 1 is 1.40 bits per heavy atom. The average molecular weight is 153 g/mol. The van der Waals surface area contributed by atoms with E-state index in [0.29, 0.717) is 5.82 Å². The summed E-state index contributed by atoms with van der Waals surface area (Å²) in [6.07, 6.45) is 1.53. The summed E-state index contributed by atoms with van der Waals surface area (Å²) in [6.45, 7) is 0. The molecule has 1 aromatic heterocycles. The first-order chi connectivity index (χ1) is 4.88. The predicted octanol–water partition coefficient (Wildman–Crippen LogP) is 0.806. The number of fused-ring (bicyclic) bond motifs is 1. The van der Waals surface area contributed by atoms with E-state index in [2.05, 4.69) is 9.97 Å². The molecule has 0 fully saturated rings. The maximum atomic E-state index is 5.61. The Bertz CT molecular complexity index is 261. The maximum absolute atomic E-state index is 5.61. The van der Waals surface area contributed by atoms with Crippen LogP contribution in [0.15, 0.2) is 6.33 Å². The van der Waals surface area contributed by atoms with Gasteiger partial charge in [0, 0.05) is 17.1 Å². The Morgan fingerprint density at radius 2 is 2.30 bits per heavy atom. The third kappa shape index (κ3) is 0.759. The second-order valence-electron chi connectivity index (χ2n) is 2.18. The first-order valence-corrected chi connectivity index (χ1v) is 4.19. The van der Waals surface area contributed by atoms with Gasteiger partial charge in [0.1, 0.15) is 12.1 Å². The number of hydrogen-bond donors (Lipinski definition) is 1. The molecule has 1 aromatic rings. The van der Waals surface area contributed by atoms with Gasteiger partial charge in [-0.05, 0) is 0 Å². The van der Waals surface area contributed by atoms with Crippen molar-refractivity contribution in [3.05, 3.63) is 17.6 Å². The molecule has 0 atom stereocenters. The van der Waals surface area contributed by atoms with E-state index in [1.807, 2.05) is 11.8 Å². The number of nitrogens with zero attached hydrogens (tertiary/aromatic N) is 2. The van der Waals surface area contributed by atoms with Crippen molar-refractivity contribution >= 4 is 17.6 Å². The van der Waals surface area contributed by atoms with Gasteiger partial charge >= 0.3 is 0 Å². The van der Waals surface area contributed by atoms with Crippen molar-refractivity contribution in [1.29, 1.82) is 0 Å². The first kappa shape index (κ1) is 5.97. The molecule has 3 nitrogen and oxygen atoms in total. The summed E-state index contributed by atoms with van der Waals surface area (Å²) in [5.41, 5.74) is 7.85. The summed E-state index contributed by atoms with van der Waals surface area (Å²) in [7, 11) is 0. The molecule has 0 bridgehead atoms. The molecule has 52 valence electrons. The molecule has 0 saturated heterocycles. The highest BCUT2D eigenvalue weighted by Crippen LogP contribution is 2.30. The van der Waals surface area contributed by atoms with Crippen molar-refractivity contribution in [3.8, 4) is 0 Å². The van der Waals surface area contributed by atoms with Crippen molar-refractivity contribution in [2.75, 3.05) is 5.73 Å². The van der Waals surface area contributed by atoms with Crippen LogP contribution in [0.1, 0.15) is 11.3 Å². The van der Waals surface area contributed by atoms with Gasteiger partial charge in [-0.25, -0.2) is 9.97 Å². The third-order valence-corrected chi connectivity index (χ3v) is 2.52. The van der Waals surface area contributed by atoms with Crippen LogP contribution < -0.4 is 5.73 Å². The van der Waals surface area contributed by atoms with Crippen LogP contribution in [0.25, 0.3) is 0 Å². The highest BCUT2D eigenvalue weighted by molar-refractivity contribution is 7.98. The molecule has 2 rings (SSSR count). The molecule has 2 heterocycles. The quantitative estimate of drug-likeness (QED) is 0.599. The Hall–Kier alpha value is -0.770. The molecule has 0 saturated carbocycles. The summed E-state index contributed by atoms with van der Waals surface area (Å²) in [6, 6.07) is 0. The normalized spacial score (nSPS) is 15.2. The molecular formula is C6H7N3S. The standard InChI is InChI=1S/C6H7N3S/c7-6-4-1-10-2-5(4)8-3-9-6/h3H,1-2H2,(H2,7,8,9). The maximum Gasteiger partial charge on any atom is 0.131 e. The van der Waals surface area contributed by atoms with Crippen molar-refractivity contribution < 1.29 is 0 Å². The minimum Gasteiger partial charge on any atom is -0.383 e. The van der Waals surface area contributed by atoms with E-state index in [0.717, 1.165) is 22.8 Å². The fourth-order valence-electron chi connectivity index (χ4n) is 0.996. The number of thioether (sulfide) groups is 1. The largest absolute Gasteiger partial charge is 0.383 e. The van der Waals surface area contributed by atoms with Crippen LogP contribution in [0, 0.1) is 0 Å². The minimum absolute atomic E-state index is 0.648. The monoisotopic (exact) mass is 153 g/mol. The van der Waals surface area contributed by atoms with Gasteiger partial charge in [-0.15, -0.1) is 0 Å². The summed E-state index contributed by atoms with van der Waals surface area (Å²) in [5.74, 6) is 2.61. The lowest BCUT2D eigenvalue weighted by atomic mass is 10.2. The van der Waals surface area contributed by atoms with Gasteiger partial charge in [0.25, 0.3) is 0 Å². The second-order valence-corrected chi connectivity index (χ2v) is 3.16. The molecule has 1 aliphatic heterocycles. The number of hydrogen-bond acceptors (Lipinski definition) is 4. The molecule has 2 N–H and O–H groups in total. The highest BCUT2D eigenvalue weighted by atomic mass is 32.2. The van der Waals surface area contributed by atoms with Crippen molar-refractivity contribution in [1.82, 2.24) is 9.97 Å². The summed E-state index contributed by atoms with van der Waals surface area (Å²) in [5, 5.41) is 0. The van der Waals surface area contributed by atoms with E-state index in [1.165, 1.54) is 6.33 Å². The molecule has 4 heteroatoms. The fraction of sp³-hybridized carbons (Fsp3) is 0.333. The molecule has 0 aliphatic carbocycles. The zero-order valence-corrected chi connectivity index (χ0v) is 6.19.